The standard InChI is InChI=1S/C12H18ClN3O.HI/c1-12(17,8-16-11(14-2)15-3)9-6-4-5-7-10(9)13;/h4-7,17H,8H2,1-3H3,(H2,14,15,16);1H. The summed E-state index contributed by atoms with van der Waals surface area (Å²) in [5, 5.41) is 16.8. The fraction of sp³-hybridized carbons (Fsp3) is 0.417. The van der Waals surface area contributed by atoms with Crippen LogP contribution in [-0.4, -0.2) is 31.7 Å². The Morgan fingerprint density at radius 2 is 2.06 bits per heavy atom. The van der Waals surface area contributed by atoms with E-state index in [4.69, 9.17) is 11.6 Å². The van der Waals surface area contributed by atoms with E-state index < -0.39 is 5.60 Å². The Morgan fingerprint density at radius 3 is 2.56 bits per heavy atom. The third-order valence-electron chi connectivity index (χ3n) is 2.51. The number of aliphatic hydroxyl groups is 1. The molecule has 0 spiro atoms. The van der Waals surface area contributed by atoms with E-state index in [0.29, 0.717) is 23.1 Å². The van der Waals surface area contributed by atoms with Gasteiger partial charge < -0.3 is 15.7 Å². The molecule has 1 aromatic carbocycles. The molecule has 1 unspecified atom stereocenters. The number of hydrogen-bond acceptors (Lipinski definition) is 2. The average Bonchev–Trinajstić information content (AvgIpc) is 2.30. The summed E-state index contributed by atoms with van der Waals surface area (Å²) in [5.41, 5.74) is -0.355. The van der Waals surface area contributed by atoms with E-state index in [-0.39, 0.29) is 24.0 Å². The molecular weight excluding hydrogens is 365 g/mol. The van der Waals surface area contributed by atoms with Gasteiger partial charge in [0.05, 0.1) is 6.54 Å². The van der Waals surface area contributed by atoms with E-state index in [0.717, 1.165) is 0 Å². The molecule has 6 heteroatoms. The molecule has 102 valence electrons. The van der Waals surface area contributed by atoms with Crippen molar-refractivity contribution in [3.05, 3.63) is 34.9 Å². The van der Waals surface area contributed by atoms with Crippen molar-refractivity contribution in [3.63, 3.8) is 0 Å². The number of rotatable bonds is 3. The van der Waals surface area contributed by atoms with Gasteiger partial charge in [0.15, 0.2) is 5.96 Å². The maximum absolute atomic E-state index is 10.4. The van der Waals surface area contributed by atoms with Crippen molar-refractivity contribution in [2.75, 3.05) is 20.6 Å². The van der Waals surface area contributed by atoms with Crippen molar-refractivity contribution in [1.29, 1.82) is 0 Å². The molecule has 1 atom stereocenters. The fourth-order valence-electron chi connectivity index (χ4n) is 1.53. The van der Waals surface area contributed by atoms with Gasteiger partial charge in [0.25, 0.3) is 0 Å². The summed E-state index contributed by atoms with van der Waals surface area (Å²) in [7, 11) is 3.43. The summed E-state index contributed by atoms with van der Waals surface area (Å²) in [5.74, 6) is 0.623. The normalized spacial score (nSPS) is 14.4. The highest BCUT2D eigenvalue weighted by Gasteiger charge is 2.25. The maximum Gasteiger partial charge on any atom is 0.190 e. The number of guanidine groups is 1. The second-order valence-electron chi connectivity index (χ2n) is 3.93. The molecule has 1 aromatic rings. The molecule has 0 aromatic heterocycles. The zero-order chi connectivity index (χ0) is 12.9. The van der Waals surface area contributed by atoms with Crippen molar-refractivity contribution in [2.45, 2.75) is 12.5 Å². The Kier molecular flexibility index (Phi) is 7.58. The Labute approximate surface area is 130 Å². The highest BCUT2D eigenvalue weighted by molar-refractivity contribution is 14.0. The minimum Gasteiger partial charge on any atom is -0.384 e. The molecule has 0 aliphatic heterocycles. The van der Waals surface area contributed by atoms with Crippen LogP contribution in [0.3, 0.4) is 0 Å². The second kappa shape index (κ2) is 7.81. The van der Waals surface area contributed by atoms with Gasteiger partial charge in [-0.1, -0.05) is 29.8 Å². The van der Waals surface area contributed by atoms with Crippen molar-refractivity contribution in [1.82, 2.24) is 10.6 Å². The molecule has 0 radical (unpaired) electrons. The minimum absolute atomic E-state index is 0. The average molecular weight is 384 g/mol. The van der Waals surface area contributed by atoms with Crippen LogP contribution in [0.15, 0.2) is 29.3 Å². The molecule has 0 aliphatic rings. The number of halogens is 2. The van der Waals surface area contributed by atoms with Crippen LogP contribution in [0.2, 0.25) is 5.02 Å². The van der Waals surface area contributed by atoms with Gasteiger partial charge in [-0.25, -0.2) is 0 Å². The van der Waals surface area contributed by atoms with Gasteiger partial charge in [0.2, 0.25) is 0 Å². The Morgan fingerprint density at radius 1 is 1.44 bits per heavy atom. The van der Waals surface area contributed by atoms with E-state index in [1.807, 2.05) is 18.2 Å². The van der Waals surface area contributed by atoms with Gasteiger partial charge in [-0.3, -0.25) is 4.99 Å². The van der Waals surface area contributed by atoms with Gasteiger partial charge in [-0.2, -0.15) is 0 Å². The topological polar surface area (TPSA) is 56.7 Å². The molecule has 0 fully saturated rings. The van der Waals surface area contributed by atoms with E-state index in [2.05, 4.69) is 15.6 Å². The molecule has 0 amide bonds. The lowest BCUT2D eigenvalue weighted by atomic mass is 9.96. The summed E-state index contributed by atoms with van der Waals surface area (Å²) in [6.45, 7) is 2.04. The number of aliphatic imine (C=N–C) groups is 1. The molecule has 18 heavy (non-hydrogen) atoms. The number of benzene rings is 1. The van der Waals surface area contributed by atoms with Crippen LogP contribution in [0, 0.1) is 0 Å². The first-order chi connectivity index (χ1) is 8.01. The zero-order valence-electron chi connectivity index (χ0n) is 10.7. The first-order valence-corrected chi connectivity index (χ1v) is 5.75. The van der Waals surface area contributed by atoms with Crippen molar-refractivity contribution < 1.29 is 5.11 Å². The van der Waals surface area contributed by atoms with Gasteiger partial charge in [-0.15, -0.1) is 24.0 Å². The van der Waals surface area contributed by atoms with Crippen LogP contribution in [0.25, 0.3) is 0 Å². The Bertz CT molecular complexity index is 410. The van der Waals surface area contributed by atoms with Crippen LogP contribution in [0.4, 0.5) is 0 Å². The quantitative estimate of drug-likeness (QED) is 0.425. The molecule has 1 rings (SSSR count). The number of hydrogen-bond donors (Lipinski definition) is 3. The first-order valence-electron chi connectivity index (χ1n) is 5.37. The van der Waals surface area contributed by atoms with Gasteiger partial charge in [0.1, 0.15) is 5.60 Å². The molecule has 0 saturated heterocycles. The van der Waals surface area contributed by atoms with Gasteiger partial charge in [0, 0.05) is 24.7 Å². The SMILES string of the molecule is CN=C(NC)NCC(C)(O)c1ccccc1Cl.I. The van der Waals surface area contributed by atoms with Crippen molar-refractivity contribution in [2.24, 2.45) is 4.99 Å². The zero-order valence-corrected chi connectivity index (χ0v) is 13.8. The molecule has 0 saturated carbocycles. The predicted octanol–water partition coefficient (Wildman–Crippen LogP) is 1.96. The lowest BCUT2D eigenvalue weighted by Gasteiger charge is -2.26. The van der Waals surface area contributed by atoms with Crippen LogP contribution < -0.4 is 10.6 Å². The predicted molar refractivity (Wildman–Crippen MR) is 86.9 cm³/mol. The summed E-state index contributed by atoms with van der Waals surface area (Å²) < 4.78 is 0. The third-order valence-corrected chi connectivity index (χ3v) is 2.84. The monoisotopic (exact) mass is 383 g/mol. The molecule has 3 N–H and O–H groups in total. The van der Waals surface area contributed by atoms with E-state index in [1.165, 1.54) is 0 Å². The number of nitrogens with one attached hydrogen (secondary N) is 2. The number of nitrogens with zero attached hydrogens (tertiary/aromatic N) is 1. The summed E-state index contributed by atoms with van der Waals surface area (Å²) in [6, 6.07) is 7.26. The maximum atomic E-state index is 10.4. The Hall–Kier alpha value is -0.530. The van der Waals surface area contributed by atoms with Gasteiger partial charge in [-0.05, 0) is 13.0 Å². The fourth-order valence-corrected chi connectivity index (χ4v) is 1.87. The summed E-state index contributed by atoms with van der Waals surface area (Å²) in [6.07, 6.45) is 0. The summed E-state index contributed by atoms with van der Waals surface area (Å²) in [4.78, 5) is 3.98. The molecule has 0 bridgehead atoms. The third kappa shape index (κ3) is 4.62. The molecule has 0 aliphatic carbocycles. The minimum atomic E-state index is -1.05. The lowest BCUT2D eigenvalue weighted by Crippen LogP contribution is -2.43. The van der Waals surface area contributed by atoms with Gasteiger partial charge >= 0.3 is 0 Å². The molecular formula is C12H19ClIN3O. The Balaban J connectivity index is 0.00000289. The van der Waals surface area contributed by atoms with Crippen LogP contribution >= 0.6 is 35.6 Å². The summed E-state index contributed by atoms with van der Waals surface area (Å²) >= 11 is 6.06. The van der Waals surface area contributed by atoms with E-state index in [9.17, 15) is 5.11 Å². The van der Waals surface area contributed by atoms with E-state index >= 15 is 0 Å². The first kappa shape index (κ1) is 17.5. The molecule has 0 heterocycles. The lowest BCUT2D eigenvalue weighted by molar-refractivity contribution is 0.0618. The molecule has 4 nitrogen and oxygen atoms in total. The van der Waals surface area contributed by atoms with Crippen molar-refractivity contribution in [3.8, 4) is 0 Å². The largest absolute Gasteiger partial charge is 0.384 e. The second-order valence-corrected chi connectivity index (χ2v) is 4.34. The highest BCUT2D eigenvalue weighted by atomic mass is 127. The van der Waals surface area contributed by atoms with Crippen LogP contribution in [0.5, 0.6) is 0 Å². The van der Waals surface area contributed by atoms with Crippen LogP contribution in [0.1, 0.15) is 12.5 Å². The van der Waals surface area contributed by atoms with Crippen LogP contribution in [-0.2, 0) is 5.60 Å². The van der Waals surface area contributed by atoms with Crippen molar-refractivity contribution >= 4 is 41.5 Å². The van der Waals surface area contributed by atoms with E-state index in [1.54, 1.807) is 27.1 Å². The smallest absolute Gasteiger partial charge is 0.190 e. The highest BCUT2D eigenvalue weighted by Crippen LogP contribution is 2.26.